The Morgan fingerprint density at radius 3 is 2.50 bits per heavy atom. The number of carbonyl (C=O) groups is 1. The van der Waals surface area contributed by atoms with Crippen LogP contribution < -0.4 is 10.2 Å². The molecule has 0 aliphatic carbocycles. The van der Waals surface area contributed by atoms with E-state index >= 15 is 0 Å². The molecule has 0 spiro atoms. The van der Waals surface area contributed by atoms with Gasteiger partial charge in [-0.1, -0.05) is 18.2 Å². The number of amides is 1. The first-order chi connectivity index (χ1) is 14.4. The summed E-state index contributed by atoms with van der Waals surface area (Å²) in [5.41, 5.74) is 2.26. The lowest BCUT2D eigenvalue weighted by atomic mass is 10.1. The van der Waals surface area contributed by atoms with Gasteiger partial charge in [0.15, 0.2) is 5.82 Å². The summed E-state index contributed by atoms with van der Waals surface area (Å²) >= 11 is 0. The molecule has 0 bridgehead atoms. The smallest absolute Gasteiger partial charge is 0.282 e. The van der Waals surface area contributed by atoms with Crippen molar-refractivity contribution in [3.05, 3.63) is 71.5 Å². The van der Waals surface area contributed by atoms with Gasteiger partial charge < -0.3 is 10.2 Å². The topological polar surface area (TPSA) is 86.8 Å². The number of hydrogen-bond donors (Lipinski definition) is 1. The molecule has 0 saturated carbocycles. The third-order valence-electron chi connectivity index (χ3n) is 4.68. The molecule has 3 aromatic rings. The Balaban J connectivity index is 1.29. The van der Waals surface area contributed by atoms with E-state index in [9.17, 15) is 13.6 Å². The van der Waals surface area contributed by atoms with Crippen LogP contribution in [0.5, 0.6) is 0 Å². The maximum atomic E-state index is 12.9. The van der Waals surface area contributed by atoms with Gasteiger partial charge in [-0.25, -0.2) is 13.8 Å². The van der Waals surface area contributed by atoms with E-state index < -0.39 is 5.92 Å². The van der Waals surface area contributed by atoms with Crippen LogP contribution in [0.2, 0.25) is 0 Å². The van der Waals surface area contributed by atoms with Gasteiger partial charge in [0.25, 0.3) is 5.92 Å². The zero-order valence-corrected chi connectivity index (χ0v) is 15.9. The fourth-order valence-corrected chi connectivity index (χ4v) is 3.14. The van der Waals surface area contributed by atoms with Gasteiger partial charge >= 0.3 is 0 Å². The van der Waals surface area contributed by atoms with Gasteiger partial charge in [0.05, 0.1) is 37.7 Å². The number of aromatic nitrogens is 3. The van der Waals surface area contributed by atoms with E-state index in [4.69, 9.17) is 5.26 Å². The number of anilines is 2. The van der Waals surface area contributed by atoms with E-state index in [1.807, 2.05) is 12.1 Å². The van der Waals surface area contributed by atoms with Crippen LogP contribution in [-0.2, 0) is 17.8 Å². The summed E-state index contributed by atoms with van der Waals surface area (Å²) in [7, 11) is 0. The molecule has 3 heterocycles. The average molecular weight is 408 g/mol. The number of carbonyl (C=O) groups excluding carboxylic acids is 1. The second-order valence-electron chi connectivity index (χ2n) is 7.17. The number of nitriles is 1. The number of nitrogens with zero attached hydrogens (tertiary/aromatic N) is 5. The van der Waals surface area contributed by atoms with Gasteiger partial charge in [-0.05, 0) is 29.3 Å². The highest BCUT2D eigenvalue weighted by atomic mass is 19.3. The Morgan fingerprint density at radius 1 is 1.13 bits per heavy atom. The number of hydrogen-bond acceptors (Lipinski definition) is 5. The lowest BCUT2D eigenvalue weighted by Gasteiger charge is -2.39. The molecule has 4 rings (SSSR count). The van der Waals surface area contributed by atoms with Gasteiger partial charge in [-0.15, -0.1) is 0 Å². The van der Waals surface area contributed by atoms with Crippen LogP contribution >= 0.6 is 0 Å². The van der Waals surface area contributed by atoms with E-state index in [-0.39, 0.29) is 25.4 Å². The summed E-state index contributed by atoms with van der Waals surface area (Å²) in [6.07, 6.45) is 3.38. The molecule has 1 N–H and O–H groups in total. The Kier molecular flexibility index (Phi) is 5.14. The van der Waals surface area contributed by atoms with E-state index in [1.54, 1.807) is 41.2 Å². The van der Waals surface area contributed by atoms with Gasteiger partial charge in [0, 0.05) is 18.5 Å². The normalized spacial score (nSPS) is 14.6. The lowest BCUT2D eigenvalue weighted by Crippen LogP contribution is -2.56. The Bertz CT molecular complexity index is 1080. The standard InChI is InChI=1S/C21H18F2N6O/c22-21(23)13-28(14-21)19-6-5-17(11-25-19)9-20(30)26-18-7-8-29(27-18)12-16-3-1-15(10-24)2-4-16/h1-8,11H,9,12-14H2,(H,26,27,30). The van der Waals surface area contributed by atoms with Gasteiger partial charge in [0.1, 0.15) is 5.82 Å². The second kappa shape index (κ2) is 7.91. The van der Waals surface area contributed by atoms with Crippen molar-refractivity contribution in [1.29, 1.82) is 5.26 Å². The molecule has 1 aliphatic rings. The van der Waals surface area contributed by atoms with Crippen molar-refractivity contribution >= 4 is 17.5 Å². The molecular weight excluding hydrogens is 390 g/mol. The molecule has 0 atom stereocenters. The minimum absolute atomic E-state index is 0.103. The zero-order chi connectivity index (χ0) is 21.1. The average Bonchev–Trinajstić information content (AvgIpc) is 3.14. The van der Waals surface area contributed by atoms with Gasteiger partial charge in [-0.2, -0.15) is 10.4 Å². The quantitative estimate of drug-likeness (QED) is 0.678. The third-order valence-corrected chi connectivity index (χ3v) is 4.68. The van der Waals surface area contributed by atoms with Crippen molar-refractivity contribution < 1.29 is 13.6 Å². The first-order valence-electron chi connectivity index (χ1n) is 9.30. The number of rotatable bonds is 6. The Labute approximate surface area is 171 Å². The van der Waals surface area contributed by atoms with Crippen molar-refractivity contribution in [3.8, 4) is 6.07 Å². The largest absolute Gasteiger partial charge is 0.344 e. The van der Waals surface area contributed by atoms with Crippen molar-refractivity contribution in [3.63, 3.8) is 0 Å². The summed E-state index contributed by atoms with van der Waals surface area (Å²) in [4.78, 5) is 17.9. The number of alkyl halides is 2. The van der Waals surface area contributed by atoms with Crippen molar-refractivity contribution in [2.45, 2.75) is 18.9 Å². The van der Waals surface area contributed by atoms with Crippen LogP contribution in [0.15, 0.2) is 54.9 Å². The van der Waals surface area contributed by atoms with E-state index in [1.165, 1.54) is 11.1 Å². The highest BCUT2D eigenvalue weighted by Crippen LogP contribution is 2.30. The van der Waals surface area contributed by atoms with E-state index in [0.29, 0.717) is 29.3 Å². The molecule has 1 saturated heterocycles. The first kappa shape index (κ1) is 19.5. The summed E-state index contributed by atoms with van der Waals surface area (Å²) in [6, 6.07) is 14.3. The number of nitrogens with one attached hydrogen (secondary N) is 1. The molecule has 30 heavy (non-hydrogen) atoms. The Hall–Kier alpha value is -3.80. The van der Waals surface area contributed by atoms with Crippen molar-refractivity contribution in [2.75, 3.05) is 23.3 Å². The molecule has 2 aromatic heterocycles. The SMILES string of the molecule is N#Cc1ccc(Cn2ccc(NC(=O)Cc3ccc(N4CC(F)(F)C4)nc3)n2)cc1. The van der Waals surface area contributed by atoms with E-state index in [2.05, 4.69) is 21.5 Å². The molecule has 1 aliphatic heterocycles. The highest BCUT2D eigenvalue weighted by Gasteiger charge is 2.44. The summed E-state index contributed by atoms with van der Waals surface area (Å²) in [6.45, 7) is -0.140. The van der Waals surface area contributed by atoms with Crippen LogP contribution in [0.4, 0.5) is 20.4 Å². The molecule has 9 heteroatoms. The highest BCUT2D eigenvalue weighted by molar-refractivity contribution is 5.91. The van der Waals surface area contributed by atoms with Crippen LogP contribution in [0.1, 0.15) is 16.7 Å². The van der Waals surface area contributed by atoms with Crippen LogP contribution in [0.25, 0.3) is 0 Å². The summed E-state index contributed by atoms with van der Waals surface area (Å²) < 4.78 is 27.6. The van der Waals surface area contributed by atoms with Gasteiger partial charge in [-0.3, -0.25) is 9.48 Å². The fraction of sp³-hybridized carbons (Fsp3) is 0.238. The van der Waals surface area contributed by atoms with Gasteiger partial charge in [0.2, 0.25) is 5.91 Å². The molecule has 0 unspecified atom stereocenters. The molecule has 0 radical (unpaired) electrons. The molecule has 152 valence electrons. The molecular formula is C21H18F2N6O. The van der Waals surface area contributed by atoms with Crippen LogP contribution in [-0.4, -0.2) is 39.7 Å². The summed E-state index contributed by atoms with van der Waals surface area (Å²) in [5.74, 6) is -1.99. The zero-order valence-electron chi connectivity index (χ0n) is 15.9. The second-order valence-corrected chi connectivity index (χ2v) is 7.17. The fourth-order valence-electron chi connectivity index (χ4n) is 3.14. The third kappa shape index (κ3) is 4.60. The molecule has 7 nitrogen and oxygen atoms in total. The lowest BCUT2D eigenvalue weighted by molar-refractivity contribution is -0.115. The first-order valence-corrected chi connectivity index (χ1v) is 9.30. The molecule has 1 fully saturated rings. The number of halogens is 2. The number of benzene rings is 1. The predicted molar refractivity (Wildman–Crippen MR) is 106 cm³/mol. The predicted octanol–water partition coefficient (Wildman–Crippen LogP) is 2.83. The van der Waals surface area contributed by atoms with Crippen LogP contribution in [0, 0.1) is 11.3 Å². The monoisotopic (exact) mass is 408 g/mol. The minimum atomic E-state index is -2.65. The van der Waals surface area contributed by atoms with Crippen LogP contribution in [0.3, 0.4) is 0 Å². The molecule has 1 aromatic carbocycles. The molecule has 1 amide bonds. The number of pyridine rings is 1. The minimum Gasteiger partial charge on any atom is -0.344 e. The maximum Gasteiger partial charge on any atom is 0.282 e. The summed E-state index contributed by atoms with van der Waals surface area (Å²) in [5, 5.41) is 15.9. The Morgan fingerprint density at radius 2 is 1.87 bits per heavy atom. The van der Waals surface area contributed by atoms with Crippen molar-refractivity contribution in [1.82, 2.24) is 14.8 Å². The van der Waals surface area contributed by atoms with Crippen molar-refractivity contribution in [2.24, 2.45) is 0 Å². The van der Waals surface area contributed by atoms with E-state index in [0.717, 1.165) is 5.56 Å². The maximum absolute atomic E-state index is 12.9.